The minimum absolute atomic E-state index is 0.00552. The van der Waals surface area contributed by atoms with Crippen LogP contribution in [0.15, 0.2) is 107 Å². The second-order valence-corrected chi connectivity index (χ2v) is 12.5. The molecule has 6 rings (SSSR count). The Morgan fingerprint density at radius 1 is 0.643 bits per heavy atom. The number of para-hydroxylation sites is 2. The van der Waals surface area contributed by atoms with Gasteiger partial charge in [-0.15, -0.1) is 0 Å². The van der Waals surface area contributed by atoms with Crippen molar-refractivity contribution < 1.29 is 33.0 Å². The molecule has 4 aromatic carbocycles. The molecule has 0 radical (unpaired) electrons. The molecule has 0 unspecified atom stereocenters. The minimum atomic E-state index is -0.706. The van der Waals surface area contributed by atoms with Gasteiger partial charge >= 0.3 is 0 Å². The van der Waals surface area contributed by atoms with Crippen LogP contribution in [0.25, 0.3) is 22.5 Å². The zero-order valence-corrected chi connectivity index (χ0v) is 30.7. The van der Waals surface area contributed by atoms with Crippen molar-refractivity contribution in [3.05, 3.63) is 151 Å². The predicted octanol–water partition coefficient (Wildman–Crippen LogP) is 6.77. The van der Waals surface area contributed by atoms with Crippen molar-refractivity contribution in [2.45, 2.75) is 26.9 Å². The molecular formula is C40H34ClF3N6O6. The Bertz CT molecular complexity index is 2370. The Morgan fingerprint density at radius 3 is 1.48 bits per heavy atom. The number of aliphatic hydroxyl groups excluding tert-OH is 2. The summed E-state index contributed by atoms with van der Waals surface area (Å²) >= 11 is 6.18. The standard InChI is InChI=1S/C20H17ClFN3O3.C20H17F2N3O3/c1-12(27)17-18(13-5-4-6-14(22)11-13)24-25(9-10-26)20(28)19(17)23-16-8-3-2-7-15(16)21;1-12(27)17-18(13-5-4-6-14(21)11-13)24-25(9-10-26)20(28)19(17)23-16-8-3-2-7-15(16)22/h2*2-8,11,23,26H,9-10H2,1H3. The average molecular weight is 787 g/mol. The van der Waals surface area contributed by atoms with Crippen molar-refractivity contribution in [1.82, 2.24) is 19.6 Å². The molecule has 0 saturated heterocycles. The second-order valence-electron chi connectivity index (χ2n) is 12.0. The van der Waals surface area contributed by atoms with E-state index < -0.39 is 40.1 Å². The van der Waals surface area contributed by atoms with Crippen LogP contribution in [0.4, 0.5) is 35.9 Å². The van der Waals surface area contributed by atoms with Crippen LogP contribution < -0.4 is 21.8 Å². The molecule has 0 fully saturated rings. The molecule has 2 aromatic heterocycles. The molecule has 12 nitrogen and oxygen atoms in total. The maximum absolute atomic E-state index is 14.1. The molecule has 0 amide bonds. The number of carbonyl (C=O) groups excluding carboxylic acids is 2. The number of halogens is 4. The quantitative estimate of drug-likeness (QED) is 0.0973. The monoisotopic (exact) mass is 786 g/mol. The van der Waals surface area contributed by atoms with Crippen molar-refractivity contribution in [1.29, 1.82) is 0 Å². The Hall–Kier alpha value is -6.42. The zero-order valence-electron chi connectivity index (χ0n) is 29.9. The van der Waals surface area contributed by atoms with Crippen LogP contribution in [0.3, 0.4) is 0 Å². The van der Waals surface area contributed by atoms with Gasteiger partial charge in [0.1, 0.15) is 40.2 Å². The van der Waals surface area contributed by atoms with Crippen LogP contribution in [0.5, 0.6) is 0 Å². The SMILES string of the molecule is CC(=O)c1c(-c2cccc(F)c2)nn(CCO)c(=O)c1Nc1ccccc1Cl.CC(=O)c1c(-c2cccc(F)c2)nn(CCO)c(=O)c1Nc1ccccc1F. The first kappa shape index (κ1) is 40.8. The number of nitrogens with zero attached hydrogens (tertiary/aromatic N) is 4. The van der Waals surface area contributed by atoms with Crippen molar-refractivity contribution in [2.24, 2.45) is 0 Å². The summed E-state index contributed by atoms with van der Waals surface area (Å²) < 4.78 is 43.6. The van der Waals surface area contributed by atoms with Crippen molar-refractivity contribution in [3.8, 4) is 22.5 Å². The smallest absolute Gasteiger partial charge is 0.291 e. The lowest BCUT2D eigenvalue weighted by Crippen LogP contribution is -2.29. The van der Waals surface area contributed by atoms with E-state index in [1.54, 1.807) is 42.5 Å². The topological polar surface area (TPSA) is 168 Å². The van der Waals surface area contributed by atoms with E-state index in [0.717, 1.165) is 9.36 Å². The Morgan fingerprint density at radius 2 is 1.07 bits per heavy atom. The maximum Gasteiger partial charge on any atom is 0.291 e. The maximum atomic E-state index is 14.1. The Kier molecular flexibility index (Phi) is 13.3. The zero-order chi connectivity index (χ0) is 40.5. The van der Waals surface area contributed by atoms with E-state index in [1.807, 2.05) is 0 Å². The van der Waals surface area contributed by atoms with Gasteiger partial charge in [0.05, 0.1) is 53.8 Å². The molecule has 0 atom stereocenters. The first-order chi connectivity index (χ1) is 26.8. The number of hydrogen-bond acceptors (Lipinski definition) is 10. The number of hydrogen-bond donors (Lipinski definition) is 4. The predicted molar refractivity (Wildman–Crippen MR) is 206 cm³/mol. The van der Waals surface area contributed by atoms with E-state index in [4.69, 9.17) is 11.6 Å². The molecule has 0 bridgehead atoms. The largest absolute Gasteiger partial charge is 0.394 e. The van der Waals surface area contributed by atoms with E-state index >= 15 is 0 Å². The normalized spacial score (nSPS) is 10.7. The highest BCUT2D eigenvalue weighted by Crippen LogP contribution is 2.31. The fraction of sp³-hybridized carbons (Fsp3) is 0.150. The third-order valence-corrected chi connectivity index (χ3v) is 8.43. The van der Waals surface area contributed by atoms with Gasteiger partial charge in [0.2, 0.25) is 0 Å². The molecule has 4 N–H and O–H groups in total. The molecule has 16 heteroatoms. The molecule has 0 aliphatic carbocycles. The van der Waals surface area contributed by atoms with Crippen LogP contribution >= 0.6 is 11.6 Å². The summed E-state index contributed by atoms with van der Waals surface area (Å²) in [6.07, 6.45) is 0. The van der Waals surface area contributed by atoms with Gasteiger partial charge in [-0.25, -0.2) is 22.5 Å². The fourth-order valence-corrected chi connectivity index (χ4v) is 5.80. The van der Waals surface area contributed by atoms with Crippen LogP contribution in [0.1, 0.15) is 34.6 Å². The van der Waals surface area contributed by atoms with Gasteiger partial charge in [-0.2, -0.15) is 10.2 Å². The summed E-state index contributed by atoms with van der Waals surface area (Å²) in [4.78, 5) is 50.6. The highest BCUT2D eigenvalue weighted by Gasteiger charge is 2.24. The van der Waals surface area contributed by atoms with Gasteiger partial charge in [0, 0.05) is 11.1 Å². The van der Waals surface area contributed by atoms with E-state index in [1.165, 1.54) is 68.4 Å². The number of rotatable bonds is 12. The minimum Gasteiger partial charge on any atom is -0.394 e. The third-order valence-electron chi connectivity index (χ3n) is 8.10. The van der Waals surface area contributed by atoms with Crippen LogP contribution in [0.2, 0.25) is 5.02 Å². The molecule has 0 spiro atoms. The summed E-state index contributed by atoms with van der Waals surface area (Å²) in [6, 6.07) is 23.4. The molecule has 6 aromatic rings. The van der Waals surface area contributed by atoms with Crippen LogP contribution in [-0.2, 0) is 13.1 Å². The van der Waals surface area contributed by atoms with Crippen LogP contribution in [0, 0.1) is 17.5 Å². The second kappa shape index (κ2) is 18.3. The van der Waals surface area contributed by atoms with Gasteiger partial charge in [-0.3, -0.25) is 19.2 Å². The van der Waals surface area contributed by atoms with E-state index in [0.29, 0.717) is 16.3 Å². The first-order valence-electron chi connectivity index (χ1n) is 16.9. The molecule has 0 aliphatic heterocycles. The molecule has 2 heterocycles. The molecule has 288 valence electrons. The number of aliphatic hydroxyl groups is 2. The lowest BCUT2D eigenvalue weighted by atomic mass is 10.0. The Balaban J connectivity index is 0.000000214. The number of nitrogens with one attached hydrogen (secondary N) is 2. The highest BCUT2D eigenvalue weighted by molar-refractivity contribution is 6.33. The number of anilines is 4. The van der Waals surface area contributed by atoms with E-state index in [-0.39, 0.29) is 71.4 Å². The van der Waals surface area contributed by atoms with Gasteiger partial charge in [-0.05, 0) is 62.4 Å². The summed E-state index contributed by atoms with van der Waals surface area (Å²) in [5.74, 6) is -2.59. The number of benzene rings is 4. The number of Topliss-reactive ketones (excluding diaryl/α,β-unsaturated/α-hetero) is 2. The van der Waals surface area contributed by atoms with E-state index in [2.05, 4.69) is 20.8 Å². The van der Waals surface area contributed by atoms with Crippen LogP contribution in [-0.4, -0.2) is 54.6 Å². The fourth-order valence-electron chi connectivity index (χ4n) is 5.62. The summed E-state index contributed by atoms with van der Waals surface area (Å²) in [5.41, 5.74) is -0.394. The van der Waals surface area contributed by atoms with E-state index in [9.17, 15) is 42.6 Å². The van der Waals surface area contributed by atoms with Gasteiger partial charge in [0.25, 0.3) is 11.1 Å². The van der Waals surface area contributed by atoms with Crippen molar-refractivity contribution in [2.75, 3.05) is 23.8 Å². The van der Waals surface area contributed by atoms with Crippen molar-refractivity contribution >= 4 is 45.9 Å². The molecule has 0 aliphatic rings. The summed E-state index contributed by atoms with van der Waals surface area (Å²) in [7, 11) is 0. The summed E-state index contributed by atoms with van der Waals surface area (Å²) in [5, 5.41) is 32.8. The first-order valence-corrected chi connectivity index (χ1v) is 17.3. The van der Waals surface area contributed by atoms with Crippen molar-refractivity contribution in [3.63, 3.8) is 0 Å². The molecule has 0 saturated carbocycles. The molecule has 56 heavy (non-hydrogen) atoms. The third kappa shape index (κ3) is 9.26. The Labute approximate surface area is 322 Å². The average Bonchev–Trinajstić information content (AvgIpc) is 3.16. The highest BCUT2D eigenvalue weighted by atomic mass is 35.5. The molecular weight excluding hydrogens is 753 g/mol. The van der Waals surface area contributed by atoms with Gasteiger partial charge in [-0.1, -0.05) is 60.1 Å². The lowest BCUT2D eigenvalue weighted by molar-refractivity contribution is 0.101. The lowest BCUT2D eigenvalue weighted by Gasteiger charge is -2.17. The number of carbonyl (C=O) groups is 2. The summed E-state index contributed by atoms with van der Waals surface area (Å²) in [6.45, 7) is 1.59. The van der Waals surface area contributed by atoms with Gasteiger partial charge < -0.3 is 20.8 Å². The van der Waals surface area contributed by atoms with Gasteiger partial charge in [0.15, 0.2) is 11.6 Å². The number of aromatic nitrogens is 4. The number of ketones is 2.